The van der Waals surface area contributed by atoms with Crippen molar-refractivity contribution in [3.05, 3.63) is 42.1 Å². The summed E-state index contributed by atoms with van der Waals surface area (Å²) in [6, 6.07) is 8.65. The number of para-hydroxylation sites is 1. The zero-order valence-electron chi connectivity index (χ0n) is 13.6. The molecule has 1 amide bonds. The molecule has 3 rings (SSSR count). The standard InChI is InChI=1S/C17H21N3O3S/c1-18-17(21)15-9-2-3-11-20(15)24(22,23)12-14-7-4-6-13-8-5-10-19-16(13)14/h4-8,10,15H,2-3,9,11-12H2,1H3,(H,18,21). The van der Waals surface area contributed by atoms with Crippen LogP contribution in [-0.2, 0) is 20.6 Å². The summed E-state index contributed by atoms with van der Waals surface area (Å²) < 4.78 is 27.3. The monoisotopic (exact) mass is 347 g/mol. The van der Waals surface area contributed by atoms with Crippen molar-refractivity contribution in [3.63, 3.8) is 0 Å². The van der Waals surface area contributed by atoms with Gasteiger partial charge in [0.15, 0.2) is 0 Å². The Kier molecular flexibility index (Phi) is 4.82. The quantitative estimate of drug-likeness (QED) is 0.912. The Morgan fingerprint density at radius 1 is 1.29 bits per heavy atom. The molecular formula is C17H21N3O3S. The molecule has 1 aliphatic heterocycles. The molecule has 2 heterocycles. The predicted octanol–water partition coefficient (Wildman–Crippen LogP) is 1.67. The van der Waals surface area contributed by atoms with Gasteiger partial charge in [-0.25, -0.2) is 8.42 Å². The fraction of sp³-hybridized carbons (Fsp3) is 0.412. The van der Waals surface area contributed by atoms with E-state index in [9.17, 15) is 13.2 Å². The Bertz CT molecular complexity index is 846. The van der Waals surface area contributed by atoms with Crippen molar-refractivity contribution < 1.29 is 13.2 Å². The molecule has 24 heavy (non-hydrogen) atoms. The van der Waals surface area contributed by atoms with Gasteiger partial charge in [0, 0.05) is 25.2 Å². The number of carbonyl (C=O) groups is 1. The van der Waals surface area contributed by atoms with Gasteiger partial charge < -0.3 is 5.32 Å². The highest BCUT2D eigenvalue weighted by Crippen LogP contribution is 2.25. The van der Waals surface area contributed by atoms with Crippen molar-refractivity contribution in [3.8, 4) is 0 Å². The van der Waals surface area contributed by atoms with Crippen LogP contribution in [-0.4, -0.2) is 43.2 Å². The van der Waals surface area contributed by atoms with E-state index in [1.165, 1.54) is 11.4 Å². The zero-order valence-corrected chi connectivity index (χ0v) is 14.4. The summed E-state index contributed by atoms with van der Waals surface area (Å²) in [5.41, 5.74) is 1.35. The highest BCUT2D eigenvalue weighted by molar-refractivity contribution is 7.88. The number of hydrogen-bond donors (Lipinski definition) is 1. The highest BCUT2D eigenvalue weighted by Gasteiger charge is 2.36. The Morgan fingerprint density at radius 2 is 2.08 bits per heavy atom. The first-order valence-electron chi connectivity index (χ1n) is 8.06. The average Bonchev–Trinajstić information content (AvgIpc) is 2.61. The number of rotatable bonds is 4. The minimum Gasteiger partial charge on any atom is -0.358 e. The highest BCUT2D eigenvalue weighted by atomic mass is 32.2. The second-order valence-electron chi connectivity index (χ2n) is 5.99. The summed E-state index contributed by atoms with van der Waals surface area (Å²) in [5, 5.41) is 3.48. The maximum atomic E-state index is 12.9. The first kappa shape index (κ1) is 16.9. The van der Waals surface area contributed by atoms with Gasteiger partial charge in [-0.15, -0.1) is 0 Å². The lowest BCUT2D eigenvalue weighted by molar-refractivity contribution is -0.125. The van der Waals surface area contributed by atoms with Gasteiger partial charge in [0.1, 0.15) is 6.04 Å². The molecule has 1 aromatic heterocycles. The van der Waals surface area contributed by atoms with Gasteiger partial charge in [-0.1, -0.05) is 30.7 Å². The van der Waals surface area contributed by atoms with Crippen LogP contribution in [0.5, 0.6) is 0 Å². The SMILES string of the molecule is CNC(=O)C1CCCCN1S(=O)(=O)Cc1cccc2cccnc12. The van der Waals surface area contributed by atoms with E-state index in [1.807, 2.05) is 24.3 Å². The van der Waals surface area contributed by atoms with Gasteiger partial charge in [0.05, 0.1) is 11.3 Å². The van der Waals surface area contributed by atoms with Gasteiger partial charge in [-0.05, 0) is 24.5 Å². The van der Waals surface area contributed by atoms with E-state index in [-0.39, 0.29) is 11.7 Å². The summed E-state index contributed by atoms with van der Waals surface area (Å²) in [5.74, 6) is -0.385. The molecule has 0 bridgehead atoms. The number of nitrogens with one attached hydrogen (secondary N) is 1. The Morgan fingerprint density at radius 3 is 2.88 bits per heavy atom. The lowest BCUT2D eigenvalue weighted by Gasteiger charge is -2.33. The number of pyridine rings is 1. The first-order valence-corrected chi connectivity index (χ1v) is 9.67. The van der Waals surface area contributed by atoms with Gasteiger partial charge >= 0.3 is 0 Å². The number of hydrogen-bond acceptors (Lipinski definition) is 4. The number of carbonyl (C=O) groups excluding carboxylic acids is 1. The average molecular weight is 347 g/mol. The minimum absolute atomic E-state index is 0.144. The molecule has 2 aromatic rings. The molecule has 0 saturated carbocycles. The summed E-state index contributed by atoms with van der Waals surface area (Å²) >= 11 is 0. The van der Waals surface area contributed by atoms with Gasteiger partial charge in [0.25, 0.3) is 0 Å². The van der Waals surface area contributed by atoms with E-state index >= 15 is 0 Å². The molecule has 1 saturated heterocycles. The van der Waals surface area contributed by atoms with Crippen LogP contribution in [0.25, 0.3) is 10.9 Å². The van der Waals surface area contributed by atoms with Crippen LogP contribution >= 0.6 is 0 Å². The number of likely N-dealkylation sites (N-methyl/N-ethyl adjacent to an activating group) is 1. The summed E-state index contributed by atoms with van der Waals surface area (Å²) in [7, 11) is -2.06. The van der Waals surface area contributed by atoms with Crippen LogP contribution in [0.15, 0.2) is 36.5 Å². The largest absolute Gasteiger partial charge is 0.358 e. The molecule has 0 spiro atoms. The molecule has 1 aliphatic rings. The van der Waals surface area contributed by atoms with Crippen LogP contribution in [0.4, 0.5) is 0 Å². The third-order valence-electron chi connectivity index (χ3n) is 4.41. The molecule has 0 radical (unpaired) electrons. The number of piperidine rings is 1. The molecule has 1 N–H and O–H groups in total. The summed E-state index contributed by atoms with van der Waals surface area (Å²) in [4.78, 5) is 16.4. The second kappa shape index (κ2) is 6.86. The van der Waals surface area contributed by atoms with Crippen molar-refractivity contribution in [1.29, 1.82) is 0 Å². The maximum absolute atomic E-state index is 12.9. The van der Waals surface area contributed by atoms with Crippen molar-refractivity contribution in [2.24, 2.45) is 0 Å². The van der Waals surface area contributed by atoms with Crippen molar-refractivity contribution in [2.45, 2.75) is 31.1 Å². The smallest absolute Gasteiger partial charge is 0.238 e. The van der Waals surface area contributed by atoms with E-state index in [0.717, 1.165) is 18.2 Å². The van der Waals surface area contributed by atoms with Crippen molar-refractivity contribution in [1.82, 2.24) is 14.6 Å². The molecule has 7 heteroatoms. The zero-order chi connectivity index (χ0) is 17.2. The van der Waals surface area contributed by atoms with Gasteiger partial charge in [-0.2, -0.15) is 4.31 Å². The van der Waals surface area contributed by atoms with Crippen LogP contribution in [0.1, 0.15) is 24.8 Å². The number of amides is 1. The number of benzene rings is 1. The molecule has 0 aliphatic carbocycles. The predicted molar refractivity (Wildman–Crippen MR) is 92.8 cm³/mol. The molecule has 1 fully saturated rings. The summed E-state index contributed by atoms with van der Waals surface area (Å²) in [6.07, 6.45) is 3.86. The second-order valence-corrected chi connectivity index (χ2v) is 7.91. The molecule has 1 unspecified atom stereocenters. The van der Waals surface area contributed by atoms with Crippen molar-refractivity contribution in [2.75, 3.05) is 13.6 Å². The van der Waals surface area contributed by atoms with E-state index in [1.54, 1.807) is 12.3 Å². The van der Waals surface area contributed by atoms with Crippen molar-refractivity contribution >= 4 is 26.8 Å². The minimum atomic E-state index is -3.60. The molecule has 1 atom stereocenters. The van der Waals surface area contributed by atoms with E-state index in [0.29, 0.717) is 24.0 Å². The summed E-state index contributed by atoms with van der Waals surface area (Å²) in [6.45, 7) is 0.388. The molecule has 128 valence electrons. The molecule has 1 aromatic carbocycles. The Hall–Kier alpha value is -1.99. The fourth-order valence-electron chi connectivity index (χ4n) is 3.23. The van der Waals surface area contributed by atoms with Gasteiger partial charge in [0.2, 0.25) is 15.9 Å². The number of nitrogens with zero attached hydrogens (tertiary/aromatic N) is 2. The van der Waals surface area contributed by atoms with Crippen LogP contribution < -0.4 is 5.32 Å². The lowest BCUT2D eigenvalue weighted by atomic mass is 10.0. The van der Waals surface area contributed by atoms with E-state index in [2.05, 4.69) is 10.3 Å². The molecule has 6 nitrogen and oxygen atoms in total. The van der Waals surface area contributed by atoms with Crippen LogP contribution in [0.3, 0.4) is 0 Å². The number of fused-ring (bicyclic) bond motifs is 1. The Balaban J connectivity index is 1.93. The first-order chi connectivity index (χ1) is 11.5. The van der Waals surface area contributed by atoms with Crippen LogP contribution in [0, 0.1) is 0 Å². The lowest BCUT2D eigenvalue weighted by Crippen LogP contribution is -2.51. The van der Waals surface area contributed by atoms with E-state index < -0.39 is 16.1 Å². The number of aromatic nitrogens is 1. The topological polar surface area (TPSA) is 79.4 Å². The Labute approximate surface area is 141 Å². The maximum Gasteiger partial charge on any atom is 0.238 e. The molecular weight excluding hydrogens is 326 g/mol. The normalized spacial score (nSPS) is 19.3. The van der Waals surface area contributed by atoms with Crippen LogP contribution in [0.2, 0.25) is 0 Å². The van der Waals surface area contributed by atoms with E-state index in [4.69, 9.17) is 0 Å². The third-order valence-corrected chi connectivity index (χ3v) is 6.24. The third kappa shape index (κ3) is 3.27. The van der Waals surface area contributed by atoms with Gasteiger partial charge in [-0.3, -0.25) is 9.78 Å². The number of sulfonamides is 1. The fourth-order valence-corrected chi connectivity index (χ4v) is 5.02.